The molecular weight excluding hydrogens is 454 g/mol. The summed E-state index contributed by atoms with van der Waals surface area (Å²) >= 11 is 1.59. The molecule has 1 heterocycles. The van der Waals surface area contributed by atoms with Crippen molar-refractivity contribution in [2.75, 3.05) is 37.8 Å². The molecule has 8 heteroatoms. The first-order chi connectivity index (χ1) is 16.0. The van der Waals surface area contributed by atoms with Crippen molar-refractivity contribution < 1.29 is 13.2 Å². The molecule has 172 valence electrons. The van der Waals surface area contributed by atoms with E-state index in [-0.39, 0.29) is 10.8 Å². The zero-order valence-electron chi connectivity index (χ0n) is 18.5. The Bertz CT molecular complexity index is 1210. The fraction of sp³-hybridized carbons (Fsp3) is 0.240. The van der Waals surface area contributed by atoms with Gasteiger partial charge in [0, 0.05) is 48.9 Å². The molecule has 0 atom stereocenters. The second kappa shape index (κ2) is 10.5. The van der Waals surface area contributed by atoms with E-state index in [2.05, 4.69) is 22.3 Å². The summed E-state index contributed by atoms with van der Waals surface area (Å²) in [5.74, 6) is -0.335. The van der Waals surface area contributed by atoms with E-state index < -0.39 is 10.0 Å². The van der Waals surface area contributed by atoms with E-state index in [4.69, 9.17) is 0 Å². The lowest BCUT2D eigenvalue weighted by molar-refractivity contribution is 0.102. The first-order valence-corrected chi connectivity index (χ1v) is 13.4. The Morgan fingerprint density at radius 2 is 1.64 bits per heavy atom. The molecule has 0 spiro atoms. The molecule has 6 nitrogen and oxygen atoms in total. The third kappa shape index (κ3) is 5.83. The largest absolute Gasteiger partial charge is 0.322 e. The monoisotopic (exact) mass is 481 g/mol. The number of hydrogen-bond acceptors (Lipinski definition) is 5. The van der Waals surface area contributed by atoms with Crippen LogP contribution in [0.25, 0.3) is 0 Å². The van der Waals surface area contributed by atoms with E-state index in [1.165, 1.54) is 15.9 Å². The molecule has 0 saturated carbocycles. The maximum absolute atomic E-state index is 13.2. The van der Waals surface area contributed by atoms with Crippen LogP contribution in [0.1, 0.15) is 15.9 Å². The number of nitrogens with one attached hydrogen (secondary N) is 1. The summed E-state index contributed by atoms with van der Waals surface area (Å²) in [6, 6.07) is 24.0. The zero-order valence-corrected chi connectivity index (χ0v) is 20.1. The van der Waals surface area contributed by atoms with Gasteiger partial charge in [0.1, 0.15) is 0 Å². The molecule has 1 amide bonds. The summed E-state index contributed by atoms with van der Waals surface area (Å²) in [5, 5.41) is 2.85. The predicted octanol–water partition coefficient (Wildman–Crippen LogP) is 4.17. The van der Waals surface area contributed by atoms with Crippen LogP contribution < -0.4 is 5.32 Å². The molecular formula is C25H27N3O3S2. The van der Waals surface area contributed by atoms with Crippen LogP contribution in [0.15, 0.2) is 88.7 Å². The third-order valence-electron chi connectivity index (χ3n) is 5.64. The highest BCUT2D eigenvalue weighted by Crippen LogP contribution is 2.22. The van der Waals surface area contributed by atoms with E-state index in [1.54, 1.807) is 30.0 Å². The Morgan fingerprint density at radius 3 is 2.36 bits per heavy atom. The Labute approximate surface area is 199 Å². The molecule has 3 aromatic carbocycles. The number of sulfonamides is 1. The summed E-state index contributed by atoms with van der Waals surface area (Å²) in [4.78, 5) is 16.2. The third-order valence-corrected chi connectivity index (χ3v) is 8.26. The Morgan fingerprint density at radius 1 is 0.909 bits per heavy atom. The van der Waals surface area contributed by atoms with Gasteiger partial charge >= 0.3 is 0 Å². The van der Waals surface area contributed by atoms with Gasteiger partial charge in [-0.15, -0.1) is 11.8 Å². The van der Waals surface area contributed by atoms with Crippen molar-refractivity contribution in [2.45, 2.75) is 16.3 Å². The highest BCUT2D eigenvalue weighted by Gasteiger charge is 2.29. The molecule has 1 N–H and O–H groups in total. The van der Waals surface area contributed by atoms with Gasteiger partial charge in [0.15, 0.2) is 0 Å². The van der Waals surface area contributed by atoms with E-state index in [0.717, 1.165) is 11.4 Å². The lowest BCUT2D eigenvalue weighted by Gasteiger charge is -2.34. The second-order valence-electron chi connectivity index (χ2n) is 7.88. The maximum atomic E-state index is 13.2. The summed E-state index contributed by atoms with van der Waals surface area (Å²) in [6.45, 7) is 2.99. The number of thioether (sulfide) groups is 1. The van der Waals surface area contributed by atoms with Gasteiger partial charge in [-0.1, -0.05) is 42.5 Å². The summed E-state index contributed by atoms with van der Waals surface area (Å²) in [7, 11) is -3.67. The fourth-order valence-corrected chi connectivity index (χ4v) is 5.75. The number of anilines is 1. The van der Waals surface area contributed by atoms with Crippen LogP contribution >= 0.6 is 11.8 Å². The predicted molar refractivity (Wildman–Crippen MR) is 133 cm³/mol. The van der Waals surface area contributed by atoms with Crippen molar-refractivity contribution >= 4 is 33.4 Å². The molecule has 1 saturated heterocycles. The minimum atomic E-state index is -3.67. The number of carbonyl (C=O) groups excluding carboxylic acids is 1. The van der Waals surface area contributed by atoms with Gasteiger partial charge in [0.2, 0.25) is 10.0 Å². The van der Waals surface area contributed by atoms with Gasteiger partial charge in [-0.25, -0.2) is 8.42 Å². The molecule has 0 unspecified atom stereocenters. The Balaban J connectivity index is 1.42. The first-order valence-electron chi connectivity index (χ1n) is 10.8. The van der Waals surface area contributed by atoms with Crippen molar-refractivity contribution in [2.24, 2.45) is 0 Å². The number of piperazine rings is 1. The minimum absolute atomic E-state index is 0.143. The smallest absolute Gasteiger partial charge is 0.255 e. The lowest BCUT2D eigenvalue weighted by atomic mass is 10.2. The van der Waals surface area contributed by atoms with Crippen molar-refractivity contribution in [3.8, 4) is 0 Å². The maximum Gasteiger partial charge on any atom is 0.255 e. The van der Waals surface area contributed by atoms with Crippen LogP contribution in [0.3, 0.4) is 0 Å². The van der Waals surface area contributed by atoms with Gasteiger partial charge in [0.05, 0.1) is 4.90 Å². The van der Waals surface area contributed by atoms with Crippen LogP contribution in [0.4, 0.5) is 5.69 Å². The highest BCUT2D eigenvalue weighted by molar-refractivity contribution is 7.98. The molecule has 0 aliphatic carbocycles. The number of carbonyl (C=O) groups is 1. The molecule has 0 radical (unpaired) electrons. The van der Waals surface area contributed by atoms with Gasteiger partial charge in [0.25, 0.3) is 5.91 Å². The van der Waals surface area contributed by atoms with Crippen molar-refractivity contribution in [1.82, 2.24) is 9.21 Å². The Hall–Kier alpha value is -2.65. The van der Waals surface area contributed by atoms with Crippen LogP contribution in [0, 0.1) is 0 Å². The van der Waals surface area contributed by atoms with Crippen LogP contribution in [-0.4, -0.2) is 56.0 Å². The zero-order chi connectivity index (χ0) is 23.3. The van der Waals surface area contributed by atoms with Crippen molar-refractivity contribution in [3.05, 3.63) is 90.0 Å². The van der Waals surface area contributed by atoms with E-state index in [0.29, 0.717) is 37.4 Å². The van der Waals surface area contributed by atoms with Crippen LogP contribution in [0.5, 0.6) is 0 Å². The van der Waals surface area contributed by atoms with E-state index in [9.17, 15) is 13.2 Å². The van der Waals surface area contributed by atoms with Gasteiger partial charge < -0.3 is 5.32 Å². The molecule has 1 fully saturated rings. The van der Waals surface area contributed by atoms with Crippen LogP contribution in [0.2, 0.25) is 0 Å². The number of hydrogen-bond donors (Lipinski definition) is 1. The van der Waals surface area contributed by atoms with Crippen molar-refractivity contribution in [1.29, 1.82) is 0 Å². The fourth-order valence-electron chi connectivity index (χ4n) is 3.82. The molecule has 3 aromatic rings. The Kier molecular flexibility index (Phi) is 7.49. The number of benzene rings is 3. The summed E-state index contributed by atoms with van der Waals surface area (Å²) in [6.07, 6.45) is 1.97. The average Bonchev–Trinajstić information content (AvgIpc) is 2.85. The molecule has 1 aliphatic heterocycles. The topological polar surface area (TPSA) is 69.7 Å². The summed E-state index contributed by atoms with van der Waals surface area (Å²) in [5.41, 5.74) is 2.21. The first kappa shape index (κ1) is 23.5. The van der Waals surface area contributed by atoms with Gasteiger partial charge in [-0.05, 0) is 48.2 Å². The van der Waals surface area contributed by atoms with Crippen molar-refractivity contribution in [3.63, 3.8) is 0 Å². The highest BCUT2D eigenvalue weighted by atomic mass is 32.2. The number of nitrogens with zero attached hydrogens (tertiary/aromatic N) is 2. The molecule has 4 rings (SSSR count). The standard InChI is InChI=1S/C25H27N3O3S2/c1-32-23-11-6-10-22(18-23)26-25(29)21-9-5-12-24(17-21)33(30,31)28-15-13-27(14-16-28)19-20-7-3-2-4-8-20/h2-12,17-18H,13-16,19H2,1H3,(H,26,29). The second-order valence-corrected chi connectivity index (χ2v) is 10.7. The number of rotatable bonds is 7. The average molecular weight is 482 g/mol. The quantitative estimate of drug-likeness (QED) is 0.513. The lowest BCUT2D eigenvalue weighted by Crippen LogP contribution is -2.48. The van der Waals surface area contributed by atoms with Gasteiger partial charge in [-0.3, -0.25) is 9.69 Å². The SMILES string of the molecule is CSc1cccc(NC(=O)c2cccc(S(=O)(=O)N3CCN(Cc4ccccc4)CC3)c2)c1. The van der Waals surface area contributed by atoms with Gasteiger partial charge in [-0.2, -0.15) is 4.31 Å². The molecule has 1 aliphatic rings. The normalized spacial score (nSPS) is 15.3. The molecule has 0 aromatic heterocycles. The van der Waals surface area contributed by atoms with E-state index in [1.807, 2.05) is 48.7 Å². The van der Waals surface area contributed by atoms with E-state index >= 15 is 0 Å². The van der Waals surface area contributed by atoms with Crippen LogP contribution in [-0.2, 0) is 16.6 Å². The minimum Gasteiger partial charge on any atom is -0.322 e. The number of amides is 1. The molecule has 0 bridgehead atoms. The summed E-state index contributed by atoms with van der Waals surface area (Å²) < 4.78 is 28.0. The molecule has 33 heavy (non-hydrogen) atoms.